The average Bonchev–Trinajstić information content (AvgIpc) is 2.76. The van der Waals surface area contributed by atoms with E-state index in [9.17, 15) is 0 Å². The number of rotatable bonds is 4. The highest BCUT2D eigenvalue weighted by atomic mass is 16.3. The predicted molar refractivity (Wildman–Crippen MR) is 67.4 cm³/mol. The third-order valence-electron chi connectivity index (χ3n) is 3.65. The molecule has 1 aromatic rings. The summed E-state index contributed by atoms with van der Waals surface area (Å²) in [5.41, 5.74) is 2.13. The molecule has 1 aromatic carbocycles. The van der Waals surface area contributed by atoms with Crippen molar-refractivity contribution >= 4 is 5.69 Å². The summed E-state index contributed by atoms with van der Waals surface area (Å²) >= 11 is 0. The second-order valence-corrected chi connectivity index (χ2v) is 4.71. The maximum atomic E-state index is 9.09. The van der Waals surface area contributed by atoms with Gasteiger partial charge in [0, 0.05) is 11.7 Å². The zero-order valence-electron chi connectivity index (χ0n) is 9.95. The number of hydrogen-bond acceptors (Lipinski definition) is 2. The summed E-state index contributed by atoms with van der Waals surface area (Å²) in [7, 11) is 0. The summed E-state index contributed by atoms with van der Waals surface area (Å²) in [4.78, 5) is 0. The Morgan fingerprint density at radius 1 is 1.38 bits per heavy atom. The zero-order valence-corrected chi connectivity index (χ0v) is 9.95. The van der Waals surface area contributed by atoms with Crippen LogP contribution in [0.2, 0.25) is 0 Å². The summed E-state index contributed by atoms with van der Waals surface area (Å²) in [6.45, 7) is 2.40. The van der Waals surface area contributed by atoms with Gasteiger partial charge in [-0.05, 0) is 36.5 Å². The Balaban J connectivity index is 2.02. The number of benzene rings is 1. The van der Waals surface area contributed by atoms with E-state index in [4.69, 9.17) is 5.11 Å². The SMILES string of the molecule is CCC1CCCC1Nc1cccc(CO)c1. The molecule has 0 aromatic heterocycles. The van der Waals surface area contributed by atoms with Crippen LogP contribution in [0.4, 0.5) is 5.69 Å². The van der Waals surface area contributed by atoms with E-state index in [0.29, 0.717) is 6.04 Å². The molecule has 2 unspecified atom stereocenters. The first-order valence-electron chi connectivity index (χ1n) is 6.30. The normalized spacial score (nSPS) is 24.6. The molecule has 88 valence electrons. The van der Waals surface area contributed by atoms with E-state index in [1.165, 1.54) is 25.7 Å². The first kappa shape index (κ1) is 11.5. The Hall–Kier alpha value is -1.02. The van der Waals surface area contributed by atoms with Crippen molar-refractivity contribution < 1.29 is 5.11 Å². The van der Waals surface area contributed by atoms with Crippen LogP contribution >= 0.6 is 0 Å². The molecule has 0 amide bonds. The molecule has 2 nitrogen and oxygen atoms in total. The quantitative estimate of drug-likeness (QED) is 0.815. The van der Waals surface area contributed by atoms with E-state index in [1.54, 1.807) is 0 Å². The maximum absolute atomic E-state index is 9.09. The van der Waals surface area contributed by atoms with Gasteiger partial charge < -0.3 is 10.4 Å². The zero-order chi connectivity index (χ0) is 11.4. The van der Waals surface area contributed by atoms with Gasteiger partial charge in [-0.15, -0.1) is 0 Å². The van der Waals surface area contributed by atoms with Crippen molar-refractivity contribution in [2.75, 3.05) is 5.32 Å². The van der Waals surface area contributed by atoms with Crippen molar-refractivity contribution in [3.05, 3.63) is 29.8 Å². The molecule has 16 heavy (non-hydrogen) atoms. The van der Waals surface area contributed by atoms with Crippen LogP contribution in [-0.2, 0) is 6.61 Å². The lowest BCUT2D eigenvalue weighted by Crippen LogP contribution is -2.23. The number of aliphatic hydroxyl groups is 1. The van der Waals surface area contributed by atoms with Crippen LogP contribution in [0.15, 0.2) is 24.3 Å². The lowest BCUT2D eigenvalue weighted by Gasteiger charge is -2.21. The number of hydrogen-bond donors (Lipinski definition) is 2. The van der Waals surface area contributed by atoms with E-state index in [1.807, 2.05) is 18.2 Å². The minimum absolute atomic E-state index is 0.122. The predicted octanol–water partition coefficient (Wildman–Crippen LogP) is 3.17. The van der Waals surface area contributed by atoms with Crippen molar-refractivity contribution in [1.29, 1.82) is 0 Å². The number of aliphatic hydroxyl groups excluding tert-OH is 1. The van der Waals surface area contributed by atoms with Crippen LogP contribution < -0.4 is 5.32 Å². The maximum Gasteiger partial charge on any atom is 0.0682 e. The first-order chi connectivity index (χ1) is 7.83. The molecular formula is C14H21NO. The minimum Gasteiger partial charge on any atom is -0.392 e. The van der Waals surface area contributed by atoms with Crippen molar-refractivity contribution in [3.8, 4) is 0 Å². The summed E-state index contributed by atoms with van der Waals surface area (Å²) in [5, 5.41) is 12.7. The summed E-state index contributed by atoms with van der Waals surface area (Å²) in [6.07, 6.45) is 5.24. The van der Waals surface area contributed by atoms with E-state index in [0.717, 1.165) is 17.2 Å². The first-order valence-corrected chi connectivity index (χ1v) is 6.30. The van der Waals surface area contributed by atoms with E-state index >= 15 is 0 Å². The molecule has 1 aliphatic carbocycles. The molecule has 2 N–H and O–H groups in total. The summed E-state index contributed by atoms with van der Waals surface area (Å²) < 4.78 is 0. The molecule has 0 spiro atoms. The highest BCUT2D eigenvalue weighted by Gasteiger charge is 2.25. The fraction of sp³-hybridized carbons (Fsp3) is 0.571. The van der Waals surface area contributed by atoms with Crippen molar-refractivity contribution in [1.82, 2.24) is 0 Å². The van der Waals surface area contributed by atoms with Gasteiger partial charge in [-0.1, -0.05) is 31.9 Å². The van der Waals surface area contributed by atoms with Crippen molar-refractivity contribution in [3.63, 3.8) is 0 Å². The fourth-order valence-electron chi connectivity index (χ4n) is 2.69. The average molecular weight is 219 g/mol. The molecule has 0 bridgehead atoms. The van der Waals surface area contributed by atoms with Crippen LogP contribution in [0.5, 0.6) is 0 Å². The highest BCUT2D eigenvalue weighted by Crippen LogP contribution is 2.30. The van der Waals surface area contributed by atoms with Gasteiger partial charge in [0.1, 0.15) is 0 Å². The number of nitrogens with one attached hydrogen (secondary N) is 1. The van der Waals surface area contributed by atoms with E-state index in [2.05, 4.69) is 18.3 Å². The molecular weight excluding hydrogens is 198 g/mol. The van der Waals surface area contributed by atoms with Crippen LogP contribution in [0.1, 0.15) is 38.2 Å². The van der Waals surface area contributed by atoms with Gasteiger partial charge in [0.25, 0.3) is 0 Å². The topological polar surface area (TPSA) is 32.3 Å². The smallest absolute Gasteiger partial charge is 0.0682 e. The largest absolute Gasteiger partial charge is 0.392 e. The summed E-state index contributed by atoms with van der Waals surface area (Å²) in [5.74, 6) is 0.817. The Labute approximate surface area is 97.7 Å². The third-order valence-corrected chi connectivity index (χ3v) is 3.65. The minimum atomic E-state index is 0.122. The second kappa shape index (κ2) is 5.35. The van der Waals surface area contributed by atoms with Gasteiger partial charge in [0.15, 0.2) is 0 Å². The Kier molecular flexibility index (Phi) is 3.83. The van der Waals surface area contributed by atoms with E-state index < -0.39 is 0 Å². The second-order valence-electron chi connectivity index (χ2n) is 4.71. The van der Waals surface area contributed by atoms with Gasteiger partial charge in [0.05, 0.1) is 6.61 Å². The van der Waals surface area contributed by atoms with Crippen LogP contribution in [-0.4, -0.2) is 11.1 Å². The standard InChI is InChI=1S/C14H21NO/c1-2-12-6-4-8-14(12)15-13-7-3-5-11(9-13)10-16/h3,5,7,9,12,14-16H,2,4,6,8,10H2,1H3. The molecule has 0 radical (unpaired) electrons. The lowest BCUT2D eigenvalue weighted by molar-refractivity contribution is 0.282. The fourth-order valence-corrected chi connectivity index (χ4v) is 2.69. The Bertz CT molecular complexity index is 337. The third kappa shape index (κ3) is 2.56. The van der Waals surface area contributed by atoms with Gasteiger partial charge >= 0.3 is 0 Å². The lowest BCUT2D eigenvalue weighted by atomic mass is 10.0. The van der Waals surface area contributed by atoms with Crippen LogP contribution in [0, 0.1) is 5.92 Å². The van der Waals surface area contributed by atoms with Crippen molar-refractivity contribution in [2.45, 2.75) is 45.3 Å². The highest BCUT2D eigenvalue weighted by molar-refractivity contribution is 5.46. The summed E-state index contributed by atoms with van der Waals surface area (Å²) in [6, 6.07) is 8.72. The van der Waals surface area contributed by atoms with Gasteiger partial charge in [-0.2, -0.15) is 0 Å². The van der Waals surface area contributed by atoms with Gasteiger partial charge in [-0.25, -0.2) is 0 Å². The van der Waals surface area contributed by atoms with E-state index in [-0.39, 0.29) is 6.61 Å². The van der Waals surface area contributed by atoms with Crippen LogP contribution in [0.3, 0.4) is 0 Å². The molecule has 0 aliphatic heterocycles. The molecule has 0 heterocycles. The molecule has 1 fully saturated rings. The van der Waals surface area contributed by atoms with Crippen molar-refractivity contribution in [2.24, 2.45) is 5.92 Å². The number of anilines is 1. The molecule has 1 aliphatic rings. The monoisotopic (exact) mass is 219 g/mol. The molecule has 2 rings (SSSR count). The van der Waals surface area contributed by atoms with Crippen LogP contribution in [0.25, 0.3) is 0 Å². The molecule has 1 saturated carbocycles. The molecule has 0 saturated heterocycles. The molecule has 2 atom stereocenters. The Morgan fingerprint density at radius 3 is 3.00 bits per heavy atom. The van der Waals surface area contributed by atoms with Gasteiger partial charge in [0.2, 0.25) is 0 Å². The van der Waals surface area contributed by atoms with Gasteiger partial charge in [-0.3, -0.25) is 0 Å². The Morgan fingerprint density at radius 2 is 2.25 bits per heavy atom. The molecule has 2 heteroatoms.